The molecule has 0 aromatic carbocycles. The zero-order chi connectivity index (χ0) is 14.9. The van der Waals surface area contributed by atoms with Crippen LogP contribution in [0.2, 0.25) is 0 Å². The summed E-state index contributed by atoms with van der Waals surface area (Å²) in [6.45, 7) is 3.89. The number of nitrogens with zero attached hydrogens (tertiary/aromatic N) is 5. The highest BCUT2D eigenvalue weighted by Crippen LogP contribution is 2.31. The van der Waals surface area contributed by atoms with Gasteiger partial charge >= 0.3 is 0 Å². The fourth-order valence-electron chi connectivity index (χ4n) is 3.44. The maximum Gasteiger partial charge on any atom is 0.265 e. The highest BCUT2D eigenvalue weighted by atomic mass is 16.5. The van der Waals surface area contributed by atoms with Crippen molar-refractivity contribution < 1.29 is 9.15 Å². The highest BCUT2D eigenvalue weighted by molar-refractivity contribution is 5.44. The molecule has 1 atom stereocenters. The molecule has 2 saturated heterocycles. The molecule has 0 aliphatic carbocycles. The summed E-state index contributed by atoms with van der Waals surface area (Å²) >= 11 is 0. The zero-order valence-electron chi connectivity index (χ0n) is 12.8. The van der Waals surface area contributed by atoms with Gasteiger partial charge in [-0.25, -0.2) is 4.98 Å². The molecule has 7 heteroatoms. The second kappa shape index (κ2) is 5.81. The molecule has 0 saturated carbocycles. The van der Waals surface area contributed by atoms with Crippen LogP contribution >= 0.6 is 0 Å². The van der Waals surface area contributed by atoms with E-state index in [-0.39, 0.29) is 0 Å². The lowest BCUT2D eigenvalue weighted by atomic mass is 10.1. The monoisotopic (exact) mass is 303 g/mol. The Balaban J connectivity index is 1.45. The second-order valence-electron chi connectivity index (χ2n) is 6.16. The third kappa shape index (κ3) is 2.55. The Bertz CT molecular complexity index is 631. The third-order valence-electron chi connectivity index (χ3n) is 4.75. The molecule has 0 bridgehead atoms. The van der Waals surface area contributed by atoms with Crippen LogP contribution in [0, 0.1) is 0 Å². The van der Waals surface area contributed by atoms with Gasteiger partial charge in [-0.3, -0.25) is 4.90 Å². The van der Waals surface area contributed by atoms with Crippen LogP contribution < -0.4 is 0 Å². The van der Waals surface area contributed by atoms with E-state index >= 15 is 0 Å². The standard InChI is InChI=1S/C15H21N5O2/c1-19-10-16-8-13(19)15-18-17-14(22-15)11-2-5-20(9-11)12-3-6-21-7-4-12/h8,10-12H,2-7,9H2,1H3. The molecular formula is C15H21N5O2. The Hall–Kier alpha value is -1.73. The van der Waals surface area contributed by atoms with Crippen molar-refractivity contribution in [1.82, 2.24) is 24.6 Å². The van der Waals surface area contributed by atoms with Gasteiger partial charge in [0.25, 0.3) is 5.89 Å². The van der Waals surface area contributed by atoms with Gasteiger partial charge in [0.1, 0.15) is 5.69 Å². The van der Waals surface area contributed by atoms with E-state index in [1.54, 1.807) is 12.5 Å². The van der Waals surface area contributed by atoms with E-state index in [0.717, 1.165) is 57.2 Å². The van der Waals surface area contributed by atoms with E-state index in [1.165, 1.54) is 0 Å². The van der Waals surface area contributed by atoms with Crippen molar-refractivity contribution in [3.63, 3.8) is 0 Å². The molecule has 22 heavy (non-hydrogen) atoms. The lowest BCUT2D eigenvalue weighted by molar-refractivity contribution is 0.0417. The number of hydrogen-bond acceptors (Lipinski definition) is 6. The molecule has 2 aromatic heterocycles. The van der Waals surface area contributed by atoms with Gasteiger partial charge in [0.2, 0.25) is 5.89 Å². The predicted octanol–water partition coefficient (Wildman–Crippen LogP) is 1.44. The minimum absolute atomic E-state index is 0.345. The molecule has 118 valence electrons. The van der Waals surface area contributed by atoms with Gasteiger partial charge in [-0.1, -0.05) is 0 Å². The lowest BCUT2D eigenvalue weighted by Gasteiger charge is -2.30. The lowest BCUT2D eigenvalue weighted by Crippen LogP contribution is -2.37. The number of rotatable bonds is 3. The number of imidazole rings is 1. The predicted molar refractivity (Wildman–Crippen MR) is 79.3 cm³/mol. The van der Waals surface area contributed by atoms with Crippen LogP contribution in [0.15, 0.2) is 16.9 Å². The Kier molecular flexibility index (Phi) is 3.67. The van der Waals surface area contributed by atoms with E-state index < -0.39 is 0 Å². The molecule has 0 radical (unpaired) electrons. The molecule has 2 aliphatic rings. The van der Waals surface area contributed by atoms with E-state index in [2.05, 4.69) is 20.1 Å². The summed E-state index contributed by atoms with van der Waals surface area (Å²) in [5.41, 5.74) is 0.859. The molecule has 4 heterocycles. The summed E-state index contributed by atoms with van der Waals surface area (Å²) in [5.74, 6) is 1.66. The van der Waals surface area contributed by atoms with Crippen molar-refractivity contribution in [1.29, 1.82) is 0 Å². The first-order valence-electron chi connectivity index (χ1n) is 7.93. The summed E-state index contributed by atoms with van der Waals surface area (Å²) in [4.78, 5) is 6.65. The molecule has 1 unspecified atom stereocenters. The second-order valence-corrected chi connectivity index (χ2v) is 6.16. The smallest absolute Gasteiger partial charge is 0.265 e. The van der Waals surface area contributed by atoms with Crippen molar-refractivity contribution in [3.8, 4) is 11.6 Å². The summed E-state index contributed by atoms with van der Waals surface area (Å²) in [5, 5.41) is 8.45. The molecule has 0 spiro atoms. The number of likely N-dealkylation sites (tertiary alicyclic amines) is 1. The fraction of sp³-hybridized carbons (Fsp3) is 0.667. The molecule has 2 fully saturated rings. The number of ether oxygens (including phenoxy) is 1. The highest BCUT2D eigenvalue weighted by Gasteiger charge is 2.33. The van der Waals surface area contributed by atoms with Crippen molar-refractivity contribution in [2.45, 2.75) is 31.2 Å². The van der Waals surface area contributed by atoms with Crippen molar-refractivity contribution >= 4 is 0 Å². The average molecular weight is 303 g/mol. The first-order chi connectivity index (χ1) is 10.8. The topological polar surface area (TPSA) is 69.2 Å². The summed E-state index contributed by atoms with van der Waals surface area (Å²) in [6.07, 6.45) is 6.85. The van der Waals surface area contributed by atoms with Crippen LogP contribution in [0.4, 0.5) is 0 Å². The van der Waals surface area contributed by atoms with Gasteiger partial charge in [-0.05, 0) is 25.8 Å². The summed E-state index contributed by atoms with van der Waals surface area (Å²) in [6, 6.07) is 0.651. The van der Waals surface area contributed by atoms with Crippen LogP contribution in [0.5, 0.6) is 0 Å². The Labute approximate surface area is 129 Å². The SMILES string of the molecule is Cn1cncc1-c1nnc(C2CCN(C3CCOCC3)C2)o1. The van der Waals surface area contributed by atoms with Crippen LogP contribution in [-0.4, -0.2) is 57.0 Å². The number of aromatic nitrogens is 4. The minimum Gasteiger partial charge on any atom is -0.419 e. The minimum atomic E-state index is 0.345. The third-order valence-corrected chi connectivity index (χ3v) is 4.75. The van der Waals surface area contributed by atoms with Gasteiger partial charge in [0.05, 0.1) is 18.4 Å². The molecule has 7 nitrogen and oxygen atoms in total. The molecule has 0 N–H and O–H groups in total. The van der Waals surface area contributed by atoms with Crippen LogP contribution in [0.1, 0.15) is 31.1 Å². The van der Waals surface area contributed by atoms with Gasteiger partial charge in [-0.2, -0.15) is 0 Å². The Morgan fingerprint density at radius 1 is 1.18 bits per heavy atom. The van der Waals surface area contributed by atoms with Crippen molar-refractivity contribution in [2.75, 3.05) is 26.3 Å². The molecule has 2 aromatic rings. The fourth-order valence-corrected chi connectivity index (χ4v) is 3.44. The number of hydrogen-bond donors (Lipinski definition) is 0. The van der Waals surface area contributed by atoms with E-state index in [1.807, 2.05) is 11.6 Å². The summed E-state index contributed by atoms with van der Waals surface area (Å²) < 4.78 is 13.2. The number of aryl methyl sites for hydroxylation is 1. The summed E-state index contributed by atoms with van der Waals surface area (Å²) in [7, 11) is 1.93. The van der Waals surface area contributed by atoms with E-state index in [4.69, 9.17) is 9.15 Å². The van der Waals surface area contributed by atoms with Gasteiger partial charge in [-0.15, -0.1) is 10.2 Å². The first kappa shape index (κ1) is 13.9. The van der Waals surface area contributed by atoms with Gasteiger partial charge in [0, 0.05) is 32.8 Å². The van der Waals surface area contributed by atoms with Crippen LogP contribution in [-0.2, 0) is 11.8 Å². The van der Waals surface area contributed by atoms with Crippen molar-refractivity contribution in [3.05, 3.63) is 18.4 Å². The molecule has 4 rings (SSSR count). The quantitative estimate of drug-likeness (QED) is 0.854. The Morgan fingerprint density at radius 2 is 2.05 bits per heavy atom. The zero-order valence-corrected chi connectivity index (χ0v) is 12.8. The largest absolute Gasteiger partial charge is 0.419 e. The maximum atomic E-state index is 5.89. The van der Waals surface area contributed by atoms with E-state index in [9.17, 15) is 0 Å². The van der Waals surface area contributed by atoms with E-state index in [0.29, 0.717) is 17.9 Å². The van der Waals surface area contributed by atoms with Crippen molar-refractivity contribution in [2.24, 2.45) is 7.05 Å². The molecule has 0 amide bonds. The maximum absolute atomic E-state index is 5.89. The van der Waals surface area contributed by atoms with Gasteiger partial charge < -0.3 is 13.7 Å². The van der Waals surface area contributed by atoms with Crippen LogP contribution in [0.25, 0.3) is 11.6 Å². The first-order valence-corrected chi connectivity index (χ1v) is 7.93. The van der Waals surface area contributed by atoms with Crippen LogP contribution in [0.3, 0.4) is 0 Å². The average Bonchev–Trinajstić information content (AvgIpc) is 3.27. The van der Waals surface area contributed by atoms with Gasteiger partial charge in [0.15, 0.2) is 0 Å². The Morgan fingerprint density at radius 3 is 2.82 bits per heavy atom. The molecule has 2 aliphatic heterocycles. The normalized spacial score (nSPS) is 24.1. The molecular weight excluding hydrogens is 282 g/mol.